The summed E-state index contributed by atoms with van der Waals surface area (Å²) in [7, 11) is 0. The number of carbonyl (C=O) groups is 1. The highest BCUT2D eigenvalue weighted by molar-refractivity contribution is 5.78. The summed E-state index contributed by atoms with van der Waals surface area (Å²) in [6.07, 6.45) is 2.13. The minimum absolute atomic E-state index is 0.0563. The molecule has 2 aromatic rings. The molecule has 1 N–H and O–H groups in total. The first-order chi connectivity index (χ1) is 17.8. The Balaban J connectivity index is 1.24. The second kappa shape index (κ2) is 11.3. The molecule has 0 unspecified atom stereocenters. The van der Waals surface area contributed by atoms with Gasteiger partial charge in [0.2, 0.25) is 5.91 Å². The van der Waals surface area contributed by atoms with E-state index in [-0.39, 0.29) is 30.7 Å². The number of ether oxygens (including phenoxy) is 1. The summed E-state index contributed by atoms with van der Waals surface area (Å²) in [5.74, 6) is 0.706. The Labute approximate surface area is 210 Å². The number of hydrogen-bond acceptors (Lipinski definition) is 8. The summed E-state index contributed by atoms with van der Waals surface area (Å²) in [5.41, 5.74) is -2.29. The molecule has 0 radical (unpaired) electrons. The molecule has 4 rings (SSSR count). The molecule has 10 nitrogen and oxygen atoms in total. The number of rotatable bonds is 7. The van der Waals surface area contributed by atoms with E-state index in [4.69, 9.17) is 10.00 Å². The molecule has 2 aliphatic heterocycles. The predicted octanol–water partition coefficient (Wildman–Crippen LogP) is 2.29. The molecule has 4 heterocycles. The Kier molecular flexibility index (Phi) is 7.95. The van der Waals surface area contributed by atoms with Gasteiger partial charge in [0, 0.05) is 45.3 Å². The fourth-order valence-electron chi connectivity index (χ4n) is 4.54. The SMILES string of the molecule is N#Cc1ccc(N2CCN(C(=O)C/C=C\OC[C@@H]3CCCN3c3cn[nH]c(=O)c3C(F)(F)F)CC2)nc1. The Morgan fingerprint density at radius 2 is 2.00 bits per heavy atom. The van der Waals surface area contributed by atoms with Crippen molar-refractivity contribution in [3.05, 3.63) is 58.3 Å². The molecular weight excluding hydrogens is 491 g/mol. The number of nitrogens with zero attached hydrogens (tertiary/aromatic N) is 6. The summed E-state index contributed by atoms with van der Waals surface area (Å²) in [6.45, 7) is 2.80. The molecule has 0 bridgehead atoms. The lowest BCUT2D eigenvalue weighted by molar-refractivity contribution is -0.138. The van der Waals surface area contributed by atoms with E-state index >= 15 is 0 Å². The van der Waals surface area contributed by atoms with Crippen LogP contribution in [0, 0.1) is 11.3 Å². The lowest BCUT2D eigenvalue weighted by Gasteiger charge is -2.35. The van der Waals surface area contributed by atoms with Crippen molar-refractivity contribution in [3.63, 3.8) is 0 Å². The molecule has 2 aromatic heterocycles. The Bertz CT molecular complexity index is 1220. The van der Waals surface area contributed by atoms with Crippen LogP contribution in [0.1, 0.15) is 30.4 Å². The Hall–Kier alpha value is -4.08. The average Bonchev–Trinajstić information content (AvgIpc) is 3.36. The van der Waals surface area contributed by atoms with E-state index in [0.29, 0.717) is 51.1 Å². The van der Waals surface area contributed by atoms with Gasteiger partial charge in [0.15, 0.2) is 0 Å². The topological polar surface area (TPSA) is 118 Å². The van der Waals surface area contributed by atoms with Crippen LogP contribution in [0.2, 0.25) is 0 Å². The van der Waals surface area contributed by atoms with Gasteiger partial charge in [-0.2, -0.15) is 23.5 Å². The van der Waals surface area contributed by atoms with Gasteiger partial charge in [0.1, 0.15) is 24.1 Å². The zero-order valence-electron chi connectivity index (χ0n) is 19.9. The van der Waals surface area contributed by atoms with E-state index < -0.39 is 17.3 Å². The van der Waals surface area contributed by atoms with Gasteiger partial charge in [-0.05, 0) is 31.1 Å². The summed E-state index contributed by atoms with van der Waals surface area (Å²) >= 11 is 0. The molecule has 2 fully saturated rings. The molecule has 0 saturated carbocycles. The molecule has 13 heteroatoms. The van der Waals surface area contributed by atoms with Gasteiger partial charge in [-0.1, -0.05) is 0 Å². The fourth-order valence-corrected chi connectivity index (χ4v) is 4.54. The largest absolute Gasteiger partial charge is 0.499 e. The van der Waals surface area contributed by atoms with Crippen molar-refractivity contribution in [3.8, 4) is 6.07 Å². The lowest BCUT2D eigenvalue weighted by atomic mass is 10.2. The maximum Gasteiger partial charge on any atom is 0.423 e. The van der Waals surface area contributed by atoms with Crippen LogP contribution in [0.5, 0.6) is 0 Å². The third kappa shape index (κ3) is 6.19. The number of nitriles is 1. The van der Waals surface area contributed by atoms with Crippen molar-refractivity contribution in [1.82, 2.24) is 20.1 Å². The molecule has 0 spiro atoms. The van der Waals surface area contributed by atoms with Crippen molar-refractivity contribution in [2.45, 2.75) is 31.5 Å². The van der Waals surface area contributed by atoms with Gasteiger partial charge < -0.3 is 19.4 Å². The van der Waals surface area contributed by atoms with Crippen molar-refractivity contribution in [2.24, 2.45) is 0 Å². The molecule has 0 aliphatic carbocycles. The number of carbonyl (C=O) groups excluding carboxylic acids is 1. The van der Waals surface area contributed by atoms with Crippen LogP contribution in [0.15, 0.2) is 41.7 Å². The second-order valence-electron chi connectivity index (χ2n) is 8.74. The average molecular weight is 518 g/mol. The number of aromatic nitrogens is 3. The van der Waals surface area contributed by atoms with Gasteiger partial charge in [-0.25, -0.2) is 10.1 Å². The number of anilines is 2. The molecule has 1 amide bonds. The smallest absolute Gasteiger partial charge is 0.423 e. The first-order valence-corrected chi connectivity index (χ1v) is 11.8. The number of piperazine rings is 1. The zero-order chi connectivity index (χ0) is 26.4. The minimum atomic E-state index is -4.80. The van der Waals surface area contributed by atoms with Gasteiger partial charge in [-0.3, -0.25) is 9.59 Å². The summed E-state index contributed by atoms with van der Waals surface area (Å²) in [4.78, 5) is 33.9. The van der Waals surface area contributed by atoms with Gasteiger partial charge in [0.25, 0.3) is 5.56 Å². The molecule has 2 aliphatic rings. The monoisotopic (exact) mass is 517 g/mol. The first kappa shape index (κ1) is 26.0. The van der Waals surface area contributed by atoms with E-state index in [9.17, 15) is 22.8 Å². The van der Waals surface area contributed by atoms with Gasteiger partial charge >= 0.3 is 6.18 Å². The summed E-state index contributed by atoms with van der Waals surface area (Å²) in [6, 6.07) is 5.18. The number of nitrogens with one attached hydrogen (secondary N) is 1. The summed E-state index contributed by atoms with van der Waals surface area (Å²) in [5, 5.41) is 14.3. The van der Waals surface area contributed by atoms with Crippen molar-refractivity contribution in [1.29, 1.82) is 5.26 Å². The molecular formula is C24H26F3N7O3. The van der Waals surface area contributed by atoms with Crippen LogP contribution in [-0.2, 0) is 15.7 Å². The van der Waals surface area contributed by atoms with E-state index in [1.165, 1.54) is 17.4 Å². The maximum absolute atomic E-state index is 13.4. The number of amides is 1. The third-order valence-electron chi connectivity index (χ3n) is 6.41. The highest BCUT2D eigenvalue weighted by Crippen LogP contribution is 2.36. The van der Waals surface area contributed by atoms with Crippen LogP contribution in [0.25, 0.3) is 0 Å². The van der Waals surface area contributed by atoms with E-state index in [0.717, 1.165) is 12.0 Å². The van der Waals surface area contributed by atoms with Crippen molar-refractivity contribution < 1.29 is 22.7 Å². The van der Waals surface area contributed by atoms with Crippen LogP contribution < -0.4 is 15.4 Å². The van der Waals surface area contributed by atoms with Crippen LogP contribution in [0.3, 0.4) is 0 Å². The number of alkyl halides is 3. The van der Waals surface area contributed by atoms with Crippen LogP contribution >= 0.6 is 0 Å². The van der Waals surface area contributed by atoms with E-state index in [2.05, 4.69) is 15.0 Å². The first-order valence-electron chi connectivity index (χ1n) is 11.8. The second-order valence-corrected chi connectivity index (χ2v) is 8.74. The lowest BCUT2D eigenvalue weighted by Crippen LogP contribution is -2.48. The Morgan fingerprint density at radius 1 is 1.22 bits per heavy atom. The summed E-state index contributed by atoms with van der Waals surface area (Å²) < 4.78 is 45.9. The molecule has 1 atom stereocenters. The number of pyridine rings is 1. The van der Waals surface area contributed by atoms with E-state index in [1.807, 2.05) is 11.2 Å². The number of H-pyrrole nitrogens is 1. The van der Waals surface area contributed by atoms with Gasteiger partial charge in [0.05, 0.1) is 29.8 Å². The molecule has 2 saturated heterocycles. The maximum atomic E-state index is 13.4. The number of hydrogen-bond donors (Lipinski definition) is 1. The quantitative estimate of drug-likeness (QED) is 0.556. The minimum Gasteiger partial charge on any atom is -0.499 e. The van der Waals surface area contributed by atoms with Crippen LogP contribution in [-0.4, -0.2) is 71.4 Å². The molecule has 0 aromatic carbocycles. The van der Waals surface area contributed by atoms with Crippen molar-refractivity contribution >= 4 is 17.4 Å². The van der Waals surface area contributed by atoms with Crippen LogP contribution in [0.4, 0.5) is 24.7 Å². The number of halogens is 3. The predicted molar refractivity (Wildman–Crippen MR) is 128 cm³/mol. The number of aromatic amines is 1. The normalized spacial score (nSPS) is 18.3. The standard InChI is InChI=1S/C24H26F3N7O3/c25-24(26,27)22-19(15-30-31-23(22)36)34-7-1-3-18(34)16-37-12-2-4-21(35)33-10-8-32(9-11-33)20-6-5-17(13-28)14-29-20/h2,5-6,12,14-15,18H,1,3-4,7-11,16H2,(H,31,36)/b12-2-/t18-/m0/s1. The molecule has 196 valence electrons. The zero-order valence-corrected chi connectivity index (χ0v) is 19.9. The molecule has 37 heavy (non-hydrogen) atoms. The van der Waals surface area contributed by atoms with Crippen molar-refractivity contribution in [2.75, 3.05) is 49.1 Å². The Morgan fingerprint density at radius 3 is 2.68 bits per heavy atom. The highest BCUT2D eigenvalue weighted by Gasteiger charge is 2.40. The fraction of sp³-hybridized carbons (Fsp3) is 0.458. The van der Waals surface area contributed by atoms with Gasteiger partial charge in [-0.15, -0.1) is 0 Å². The third-order valence-corrected chi connectivity index (χ3v) is 6.41. The van der Waals surface area contributed by atoms with E-state index in [1.54, 1.807) is 23.1 Å². The highest BCUT2D eigenvalue weighted by atomic mass is 19.4.